The second-order valence-corrected chi connectivity index (χ2v) is 4.69. The Labute approximate surface area is 131 Å². The molecule has 0 bridgehead atoms. The van der Waals surface area contributed by atoms with Crippen LogP contribution < -0.4 is 10.6 Å². The van der Waals surface area contributed by atoms with E-state index >= 15 is 0 Å². The predicted molar refractivity (Wildman–Crippen MR) is 79.8 cm³/mol. The fourth-order valence-electron chi connectivity index (χ4n) is 1.92. The number of ether oxygens (including phenoxy) is 3. The smallest absolute Gasteiger partial charge is 0.263 e. The Kier molecular flexibility index (Phi) is 9.18. The van der Waals surface area contributed by atoms with Gasteiger partial charge in [-0.15, -0.1) is 0 Å². The van der Waals surface area contributed by atoms with E-state index in [1.54, 1.807) is 0 Å². The molecule has 0 aromatic carbocycles. The van der Waals surface area contributed by atoms with Gasteiger partial charge in [-0.1, -0.05) is 0 Å². The Morgan fingerprint density at radius 3 is 2.68 bits per heavy atom. The number of nitrogens with one attached hydrogen (secondary N) is 2. The Balaban J connectivity index is 2.29. The van der Waals surface area contributed by atoms with Crippen molar-refractivity contribution in [1.82, 2.24) is 15.5 Å². The molecule has 8 nitrogen and oxygen atoms in total. The van der Waals surface area contributed by atoms with Gasteiger partial charge in [-0.3, -0.25) is 9.69 Å². The van der Waals surface area contributed by atoms with Crippen LogP contribution in [0.5, 0.6) is 0 Å². The van der Waals surface area contributed by atoms with Crippen LogP contribution in [-0.2, 0) is 19.0 Å². The quantitative estimate of drug-likeness (QED) is 0.322. The number of hydrogen-bond donors (Lipinski definition) is 2. The minimum absolute atomic E-state index is 0.0212. The van der Waals surface area contributed by atoms with E-state index in [2.05, 4.69) is 15.5 Å². The maximum absolute atomic E-state index is 11.9. The molecule has 8 heteroatoms. The van der Waals surface area contributed by atoms with E-state index in [9.17, 15) is 4.79 Å². The van der Waals surface area contributed by atoms with Gasteiger partial charge in [0.05, 0.1) is 19.8 Å². The van der Waals surface area contributed by atoms with E-state index < -0.39 is 12.2 Å². The average molecular weight is 312 g/mol. The van der Waals surface area contributed by atoms with Crippen molar-refractivity contribution < 1.29 is 19.0 Å². The van der Waals surface area contributed by atoms with Gasteiger partial charge in [0.1, 0.15) is 11.6 Å². The van der Waals surface area contributed by atoms with Crippen LogP contribution in [0.15, 0.2) is 11.8 Å². The zero-order valence-corrected chi connectivity index (χ0v) is 13.1. The summed E-state index contributed by atoms with van der Waals surface area (Å²) in [5.74, 6) is -0.394. The molecule has 0 aromatic heterocycles. The molecule has 1 amide bonds. The second kappa shape index (κ2) is 11.0. The molecule has 1 aliphatic rings. The number of amides is 1. The van der Waals surface area contributed by atoms with Crippen LogP contribution in [0.1, 0.15) is 0 Å². The lowest BCUT2D eigenvalue weighted by Gasteiger charge is -2.26. The molecule has 1 fully saturated rings. The van der Waals surface area contributed by atoms with Crippen LogP contribution in [0.25, 0.3) is 0 Å². The third kappa shape index (κ3) is 6.87. The summed E-state index contributed by atoms with van der Waals surface area (Å²) < 4.78 is 15.2. The largest absolute Gasteiger partial charge is 0.385 e. The van der Waals surface area contributed by atoms with Gasteiger partial charge < -0.3 is 24.8 Å². The summed E-state index contributed by atoms with van der Waals surface area (Å²) >= 11 is 0. The topological polar surface area (TPSA) is 95.8 Å². The number of nitrogens with zero attached hydrogens (tertiary/aromatic N) is 2. The highest BCUT2D eigenvalue weighted by molar-refractivity contribution is 5.97. The fraction of sp³-hybridized carbons (Fsp3) is 0.714. The lowest BCUT2D eigenvalue weighted by molar-refractivity contribution is -0.117. The van der Waals surface area contributed by atoms with Crippen molar-refractivity contribution >= 4 is 5.91 Å². The van der Waals surface area contributed by atoms with Crippen LogP contribution in [0, 0.1) is 11.3 Å². The first-order valence-corrected chi connectivity index (χ1v) is 7.18. The molecule has 1 aliphatic heterocycles. The standard InChI is InChI=1S/C14H24N4O4/c1-20-13(21-2)11-16-10-12(9-15)14(19)17-3-4-18-5-7-22-8-6-18/h10,13,16H,3-8,11H2,1-2H3,(H,17,19)/b12-10-. The van der Waals surface area contributed by atoms with Crippen LogP contribution in [0.3, 0.4) is 0 Å². The Morgan fingerprint density at radius 2 is 2.09 bits per heavy atom. The minimum Gasteiger partial charge on any atom is -0.385 e. The van der Waals surface area contributed by atoms with Gasteiger partial charge in [0.25, 0.3) is 5.91 Å². The maximum atomic E-state index is 11.9. The van der Waals surface area contributed by atoms with Crippen LogP contribution in [0.2, 0.25) is 0 Å². The summed E-state index contributed by atoms with van der Waals surface area (Å²) in [6.07, 6.45) is 0.940. The molecule has 0 atom stereocenters. The first-order valence-electron chi connectivity index (χ1n) is 7.18. The van der Waals surface area contributed by atoms with E-state index in [1.165, 1.54) is 20.4 Å². The average Bonchev–Trinajstić information content (AvgIpc) is 2.56. The van der Waals surface area contributed by atoms with Gasteiger partial charge >= 0.3 is 0 Å². The minimum atomic E-state index is -0.430. The molecule has 0 aliphatic carbocycles. The van der Waals surface area contributed by atoms with E-state index in [0.29, 0.717) is 13.1 Å². The van der Waals surface area contributed by atoms with E-state index in [0.717, 1.165) is 32.8 Å². The number of carbonyl (C=O) groups is 1. The summed E-state index contributed by atoms with van der Waals surface area (Å²) in [5, 5.41) is 14.6. The number of morpholine rings is 1. The van der Waals surface area contributed by atoms with Gasteiger partial charge in [-0.25, -0.2) is 0 Å². The number of nitriles is 1. The highest BCUT2D eigenvalue weighted by Crippen LogP contribution is 1.96. The van der Waals surface area contributed by atoms with Crippen LogP contribution in [0.4, 0.5) is 0 Å². The van der Waals surface area contributed by atoms with Crippen molar-refractivity contribution in [2.75, 3.05) is 60.2 Å². The number of hydrogen-bond acceptors (Lipinski definition) is 7. The third-order valence-corrected chi connectivity index (χ3v) is 3.24. The Morgan fingerprint density at radius 1 is 1.41 bits per heavy atom. The fourth-order valence-corrected chi connectivity index (χ4v) is 1.92. The van der Waals surface area contributed by atoms with Crippen LogP contribution in [-0.4, -0.2) is 77.3 Å². The van der Waals surface area contributed by atoms with E-state index in [1.807, 2.05) is 6.07 Å². The lowest BCUT2D eigenvalue weighted by Crippen LogP contribution is -2.41. The SMILES string of the molecule is COC(CN/C=C(/C#N)C(=O)NCCN1CCOCC1)OC. The highest BCUT2D eigenvalue weighted by Gasteiger charge is 2.12. The molecule has 0 aromatic rings. The summed E-state index contributed by atoms with van der Waals surface area (Å²) in [5.41, 5.74) is 0.0212. The van der Waals surface area contributed by atoms with Crippen molar-refractivity contribution in [2.24, 2.45) is 0 Å². The van der Waals surface area contributed by atoms with Gasteiger partial charge in [-0.05, 0) is 0 Å². The van der Waals surface area contributed by atoms with Gasteiger partial charge in [0.2, 0.25) is 0 Å². The van der Waals surface area contributed by atoms with Gasteiger partial charge in [0, 0.05) is 46.6 Å². The molecule has 1 saturated heterocycles. The number of carbonyl (C=O) groups excluding carboxylic acids is 1. The molecule has 22 heavy (non-hydrogen) atoms. The molecular weight excluding hydrogens is 288 g/mol. The van der Waals surface area contributed by atoms with E-state index in [-0.39, 0.29) is 5.57 Å². The van der Waals surface area contributed by atoms with Crippen molar-refractivity contribution in [3.05, 3.63) is 11.8 Å². The first kappa shape index (κ1) is 18.4. The first-order chi connectivity index (χ1) is 10.7. The molecular formula is C14H24N4O4. The summed E-state index contributed by atoms with van der Waals surface area (Å²) in [4.78, 5) is 14.1. The highest BCUT2D eigenvalue weighted by atomic mass is 16.7. The summed E-state index contributed by atoms with van der Waals surface area (Å²) in [6.45, 7) is 4.77. The molecule has 0 spiro atoms. The van der Waals surface area contributed by atoms with Gasteiger partial charge in [-0.2, -0.15) is 5.26 Å². The van der Waals surface area contributed by atoms with Gasteiger partial charge in [0.15, 0.2) is 6.29 Å². The number of methoxy groups -OCH3 is 2. The molecule has 1 rings (SSSR count). The molecule has 124 valence electrons. The van der Waals surface area contributed by atoms with Crippen molar-refractivity contribution in [3.8, 4) is 6.07 Å². The van der Waals surface area contributed by atoms with Crippen molar-refractivity contribution in [3.63, 3.8) is 0 Å². The Hall–Kier alpha value is -1.66. The zero-order valence-electron chi connectivity index (χ0n) is 13.1. The molecule has 2 N–H and O–H groups in total. The Bertz CT molecular complexity index is 398. The predicted octanol–water partition coefficient (Wildman–Crippen LogP) is -0.949. The lowest BCUT2D eigenvalue weighted by atomic mass is 10.3. The normalized spacial score (nSPS) is 16.4. The maximum Gasteiger partial charge on any atom is 0.263 e. The summed E-state index contributed by atoms with van der Waals surface area (Å²) in [6, 6.07) is 1.87. The third-order valence-electron chi connectivity index (χ3n) is 3.24. The molecule has 0 unspecified atom stereocenters. The van der Waals surface area contributed by atoms with Crippen molar-refractivity contribution in [2.45, 2.75) is 6.29 Å². The number of rotatable bonds is 9. The monoisotopic (exact) mass is 312 g/mol. The molecule has 0 saturated carbocycles. The second-order valence-electron chi connectivity index (χ2n) is 4.69. The summed E-state index contributed by atoms with van der Waals surface area (Å²) in [7, 11) is 3.03. The van der Waals surface area contributed by atoms with Crippen molar-refractivity contribution in [1.29, 1.82) is 5.26 Å². The zero-order chi connectivity index (χ0) is 16.2. The molecule has 1 heterocycles. The van der Waals surface area contributed by atoms with E-state index in [4.69, 9.17) is 19.5 Å². The van der Waals surface area contributed by atoms with Crippen LogP contribution >= 0.6 is 0 Å². The molecule has 0 radical (unpaired) electrons.